The fourth-order valence-electron chi connectivity index (χ4n) is 2.80. The predicted octanol–water partition coefficient (Wildman–Crippen LogP) is 3.23. The summed E-state index contributed by atoms with van der Waals surface area (Å²) in [6.45, 7) is 0. The van der Waals surface area contributed by atoms with Gasteiger partial charge in [0.15, 0.2) is 0 Å². The molecular formula is C13H16N2. The van der Waals surface area contributed by atoms with Crippen LogP contribution in [-0.2, 0) is 7.05 Å². The molecule has 1 saturated carbocycles. The molecule has 0 saturated heterocycles. The molecule has 3 rings (SSSR count). The topological polar surface area (TPSA) is 17.8 Å². The summed E-state index contributed by atoms with van der Waals surface area (Å²) in [6, 6.07) is 4.25. The summed E-state index contributed by atoms with van der Waals surface area (Å²) in [7, 11) is 2.09. The number of pyridine rings is 1. The average molecular weight is 200 g/mol. The van der Waals surface area contributed by atoms with Gasteiger partial charge in [-0.2, -0.15) is 0 Å². The lowest BCUT2D eigenvalue weighted by molar-refractivity contribution is 0.724. The van der Waals surface area contributed by atoms with Crippen molar-refractivity contribution < 1.29 is 0 Å². The second kappa shape index (κ2) is 3.37. The highest BCUT2D eigenvalue weighted by Gasteiger charge is 2.20. The molecule has 0 radical (unpaired) electrons. The fourth-order valence-corrected chi connectivity index (χ4v) is 2.80. The van der Waals surface area contributed by atoms with E-state index < -0.39 is 0 Å². The van der Waals surface area contributed by atoms with Gasteiger partial charge in [0, 0.05) is 24.8 Å². The molecule has 2 heteroatoms. The summed E-state index contributed by atoms with van der Waals surface area (Å²) < 4.78 is 2.16. The Morgan fingerprint density at radius 2 is 2.13 bits per heavy atom. The normalized spacial score (nSPS) is 17.7. The summed E-state index contributed by atoms with van der Waals surface area (Å²) in [6.07, 6.45) is 9.64. The van der Waals surface area contributed by atoms with Crippen LogP contribution >= 0.6 is 0 Å². The standard InChI is InChI=1S/C13H16N2/c1-15-9-12(10-5-2-3-6-10)11-7-4-8-14-13(11)15/h4,7-10H,2-3,5-6H2,1H3. The lowest BCUT2D eigenvalue weighted by Crippen LogP contribution is -1.90. The molecule has 1 aliphatic rings. The smallest absolute Gasteiger partial charge is 0.139 e. The van der Waals surface area contributed by atoms with Crippen molar-refractivity contribution in [3.63, 3.8) is 0 Å². The number of fused-ring (bicyclic) bond motifs is 1. The molecule has 0 aromatic carbocycles. The molecule has 1 aliphatic carbocycles. The predicted molar refractivity (Wildman–Crippen MR) is 61.9 cm³/mol. The highest BCUT2D eigenvalue weighted by molar-refractivity contribution is 5.80. The summed E-state index contributed by atoms with van der Waals surface area (Å²) in [5.74, 6) is 0.776. The van der Waals surface area contributed by atoms with Gasteiger partial charge in [-0.1, -0.05) is 12.8 Å². The Kier molecular flexibility index (Phi) is 2.01. The van der Waals surface area contributed by atoms with E-state index in [1.165, 1.54) is 36.6 Å². The lowest BCUT2D eigenvalue weighted by atomic mass is 9.98. The van der Waals surface area contributed by atoms with E-state index in [0.717, 1.165) is 11.6 Å². The monoisotopic (exact) mass is 200 g/mol. The SMILES string of the molecule is Cn1cc(C2CCCC2)c2cccnc21. The van der Waals surface area contributed by atoms with Crippen molar-refractivity contribution in [1.29, 1.82) is 0 Å². The molecule has 0 N–H and O–H groups in total. The van der Waals surface area contributed by atoms with E-state index >= 15 is 0 Å². The van der Waals surface area contributed by atoms with Gasteiger partial charge in [0.05, 0.1) is 0 Å². The van der Waals surface area contributed by atoms with E-state index in [0.29, 0.717) is 0 Å². The highest BCUT2D eigenvalue weighted by Crippen LogP contribution is 2.37. The summed E-state index contributed by atoms with van der Waals surface area (Å²) in [5.41, 5.74) is 2.64. The van der Waals surface area contributed by atoms with Crippen LogP contribution in [0.4, 0.5) is 0 Å². The van der Waals surface area contributed by atoms with E-state index in [4.69, 9.17) is 0 Å². The summed E-state index contributed by atoms with van der Waals surface area (Å²) in [4.78, 5) is 4.44. The quantitative estimate of drug-likeness (QED) is 0.691. The van der Waals surface area contributed by atoms with E-state index in [-0.39, 0.29) is 0 Å². The Morgan fingerprint density at radius 1 is 1.33 bits per heavy atom. The second-order valence-corrected chi connectivity index (χ2v) is 4.55. The van der Waals surface area contributed by atoms with Gasteiger partial charge in [0.1, 0.15) is 5.65 Å². The van der Waals surface area contributed by atoms with Crippen LogP contribution < -0.4 is 0 Å². The Bertz CT molecular complexity index is 478. The molecule has 1 fully saturated rings. The lowest BCUT2D eigenvalue weighted by Gasteiger charge is -2.06. The van der Waals surface area contributed by atoms with Gasteiger partial charge in [-0.05, 0) is 36.5 Å². The van der Waals surface area contributed by atoms with Crippen molar-refractivity contribution in [2.45, 2.75) is 31.6 Å². The van der Waals surface area contributed by atoms with E-state index in [9.17, 15) is 0 Å². The maximum Gasteiger partial charge on any atom is 0.139 e. The Hall–Kier alpha value is -1.31. The molecule has 0 amide bonds. The van der Waals surface area contributed by atoms with Crippen molar-refractivity contribution in [3.8, 4) is 0 Å². The molecule has 0 unspecified atom stereocenters. The average Bonchev–Trinajstić information content (AvgIpc) is 2.87. The first-order valence-corrected chi connectivity index (χ1v) is 5.76. The number of hydrogen-bond acceptors (Lipinski definition) is 1. The zero-order valence-electron chi connectivity index (χ0n) is 9.11. The first-order valence-electron chi connectivity index (χ1n) is 5.76. The van der Waals surface area contributed by atoms with Gasteiger partial charge < -0.3 is 4.57 Å². The first-order chi connectivity index (χ1) is 7.36. The summed E-state index contributed by atoms with van der Waals surface area (Å²) >= 11 is 0. The van der Waals surface area contributed by atoms with Gasteiger partial charge in [0.25, 0.3) is 0 Å². The zero-order valence-corrected chi connectivity index (χ0v) is 9.11. The minimum Gasteiger partial charge on any atom is -0.335 e. The number of hydrogen-bond donors (Lipinski definition) is 0. The molecule has 2 heterocycles. The number of aryl methyl sites for hydroxylation is 1. The molecule has 15 heavy (non-hydrogen) atoms. The highest BCUT2D eigenvalue weighted by atomic mass is 15.0. The molecule has 0 spiro atoms. The zero-order chi connectivity index (χ0) is 10.3. The van der Waals surface area contributed by atoms with Crippen LogP contribution in [-0.4, -0.2) is 9.55 Å². The Morgan fingerprint density at radius 3 is 2.93 bits per heavy atom. The van der Waals surface area contributed by atoms with Crippen LogP contribution in [0.5, 0.6) is 0 Å². The van der Waals surface area contributed by atoms with E-state index in [2.05, 4.69) is 28.9 Å². The maximum atomic E-state index is 4.44. The molecule has 2 aromatic rings. The molecule has 2 aromatic heterocycles. The maximum absolute atomic E-state index is 4.44. The van der Waals surface area contributed by atoms with E-state index in [1.807, 2.05) is 12.3 Å². The minimum atomic E-state index is 0.776. The molecule has 0 atom stereocenters. The summed E-state index contributed by atoms with van der Waals surface area (Å²) in [5, 5.41) is 1.35. The number of nitrogens with zero attached hydrogens (tertiary/aromatic N) is 2. The van der Waals surface area contributed by atoms with Crippen molar-refractivity contribution in [3.05, 3.63) is 30.1 Å². The van der Waals surface area contributed by atoms with E-state index in [1.54, 1.807) is 0 Å². The van der Waals surface area contributed by atoms with Crippen LogP contribution in [0.1, 0.15) is 37.2 Å². The third-order valence-corrected chi connectivity index (χ3v) is 3.56. The van der Waals surface area contributed by atoms with Crippen molar-refractivity contribution in [1.82, 2.24) is 9.55 Å². The van der Waals surface area contributed by atoms with Crippen LogP contribution in [0.15, 0.2) is 24.5 Å². The van der Waals surface area contributed by atoms with Gasteiger partial charge in [0.2, 0.25) is 0 Å². The second-order valence-electron chi connectivity index (χ2n) is 4.55. The third-order valence-electron chi connectivity index (χ3n) is 3.56. The number of aromatic nitrogens is 2. The fraction of sp³-hybridized carbons (Fsp3) is 0.462. The van der Waals surface area contributed by atoms with Crippen molar-refractivity contribution in [2.24, 2.45) is 7.05 Å². The van der Waals surface area contributed by atoms with Gasteiger partial charge >= 0.3 is 0 Å². The molecule has 0 bridgehead atoms. The third kappa shape index (κ3) is 1.36. The first kappa shape index (κ1) is 8.96. The van der Waals surface area contributed by atoms with Crippen LogP contribution in [0.3, 0.4) is 0 Å². The molecular weight excluding hydrogens is 184 g/mol. The van der Waals surface area contributed by atoms with Crippen LogP contribution in [0.25, 0.3) is 11.0 Å². The van der Waals surface area contributed by atoms with Crippen molar-refractivity contribution in [2.75, 3.05) is 0 Å². The molecule has 0 aliphatic heterocycles. The number of rotatable bonds is 1. The minimum absolute atomic E-state index is 0.776. The van der Waals surface area contributed by atoms with Crippen LogP contribution in [0.2, 0.25) is 0 Å². The van der Waals surface area contributed by atoms with Crippen LogP contribution in [0, 0.1) is 0 Å². The van der Waals surface area contributed by atoms with Gasteiger partial charge in [-0.15, -0.1) is 0 Å². The largest absolute Gasteiger partial charge is 0.335 e. The van der Waals surface area contributed by atoms with Gasteiger partial charge in [-0.3, -0.25) is 0 Å². The van der Waals surface area contributed by atoms with Gasteiger partial charge in [-0.25, -0.2) is 4.98 Å². The van der Waals surface area contributed by atoms with Crippen molar-refractivity contribution >= 4 is 11.0 Å². The molecule has 78 valence electrons. The Balaban J connectivity index is 2.17. The Labute approximate surface area is 89.9 Å². The molecule has 2 nitrogen and oxygen atoms in total.